The van der Waals surface area contributed by atoms with Crippen molar-refractivity contribution in [1.82, 2.24) is 0 Å². The first kappa shape index (κ1) is 33.0. The topological polar surface area (TPSA) is 183 Å². The van der Waals surface area contributed by atoms with Crippen molar-refractivity contribution in [3.8, 4) is 0 Å². The van der Waals surface area contributed by atoms with E-state index in [2.05, 4.69) is 13.8 Å². The number of carbonyl (C=O) groups excluding carboxylic acids is 2. The van der Waals surface area contributed by atoms with Crippen molar-refractivity contribution in [2.24, 2.45) is 40.4 Å². The highest BCUT2D eigenvalue weighted by molar-refractivity contribution is 5.99. The van der Waals surface area contributed by atoms with E-state index in [1.54, 1.807) is 18.2 Å². The third-order valence-corrected chi connectivity index (χ3v) is 12.8. The molecule has 2 aliphatic heterocycles. The smallest absolute Gasteiger partial charge is 0.336 e. The van der Waals surface area contributed by atoms with Gasteiger partial charge in [0.25, 0.3) is 0 Å². The Bertz CT molecular complexity index is 1290. The standard InChI is InChI=1S/C34H48O11/c1-15-12-22(44-31(42)17(15)14-43-32-30(41)29(40)27(38)23(13-35)45-32)16(2)18-8-9-19-25-20(10-11-33(18,19)3)34(4)21(26(37)28(25)39)6-5-7-24(34)36/h5-7,16,18-20,22-23,25-30,32,35,37-41H,8-14H2,1-4H3/t16-,18+,19-,20-,22+,23+,25-,26+,27+,28-,29-,30+,32+,33+,34+/m0/s1. The van der Waals surface area contributed by atoms with Crippen molar-refractivity contribution < 1.29 is 54.4 Å². The van der Waals surface area contributed by atoms with Crippen LogP contribution in [0.2, 0.25) is 0 Å². The second kappa shape index (κ2) is 11.9. The van der Waals surface area contributed by atoms with Gasteiger partial charge in [-0.15, -0.1) is 0 Å². The van der Waals surface area contributed by atoms with Gasteiger partial charge in [-0.05, 0) is 86.2 Å². The van der Waals surface area contributed by atoms with Gasteiger partial charge in [-0.25, -0.2) is 4.79 Å². The van der Waals surface area contributed by atoms with Crippen molar-refractivity contribution in [3.05, 3.63) is 34.9 Å². The van der Waals surface area contributed by atoms with Crippen LogP contribution in [0.5, 0.6) is 0 Å². The molecule has 15 atom stereocenters. The second-order valence-electron chi connectivity index (χ2n) is 14.8. The maximum absolute atomic E-state index is 13.3. The third-order valence-electron chi connectivity index (χ3n) is 12.8. The lowest BCUT2D eigenvalue weighted by Gasteiger charge is -2.60. The molecule has 0 unspecified atom stereocenters. The van der Waals surface area contributed by atoms with Gasteiger partial charge >= 0.3 is 5.97 Å². The minimum Gasteiger partial charge on any atom is -0.458 e. The lowest BCUT2D eigenvalue weighted by molar-refractivity contribution is -0.299. The van der Waals surface area contributed by atoms with Gasteiger partial charge in [0.2, 0.25) is 0 Å². The number of rotatable bonds is 6. The molecule has 4 aliphatic carbocycles. The van der Waals surface area contributed by atoms with Crippen LogP contribution in [0.1, 0.15) is 59.8 Å². The zero-order valence-electron chi connectivity index (χ0n) is 26.4. The zero-order chi connectivity index (χ0) is 32.6. The molecule has 0 bridgehead atoms. The molecule has 250 valence electrons. The predicted octanol–water partition coefficient (Wildman–Crippen LogP) is 0.937. The Morgan fingerprint density at radius 3 is 2.42 bits per heavy atom. The summed E-state index contributed by atoms with van der Waals surface area (Å²) in [6.45, 7) is 7.36. The average Bonchev–Trinajstić information content (AvgIpc) is 3.36. The fourth-order valence-electron chi connectivity index (χ4n) is 10.1. The molecule has 3 saturated carbocycles. The van der Waals surface area contributed by atoms with Crippen LogP contribution >= 0.6 is 0 Å². The molecule has 11 heteroatoms. The van der Waals surface area contributed by atoms with E-state index in [9.17, 15) is 40.2 Å². The van der Waals surface area contributed by atoms with Gasteiger partial charge < -0.3 is 44.8 Å². The number of hydrogen-bond donors (Lipinski definition) is 6. The van der Waals surface area contributed by atoms with E-state index in [0.717, 1.165) is 31.3 Å². The second-order valence-corrected chi connectivity index (χ2v) is 14.8. The molecule has 1 saturated heterocycles. The Labute approximate surface area is 263 Å². The Morgan fingerprint density at radius 1 is 1.00 bits per heavy atom. The predicted molar refractivity (Wildman–Crippen MR) is 159 cm³/mol. The number of ether oxygens (including phenoxy) is 3. The zero-order valence-corrected chi connectivity index (χ0v) is 26.4. The minimum absolute atomic E-state index is 0.00447. The Balaban J connectivity index is 1.15. The number of fused-ring (bicyclic) bond motifs is 5. The van der Waals surface area contributed by atoms with E-state index < -0.39 is 60.9 Å². The molecule has 45 heavy (non-hydrogen) atoms. The van der Waals surface area contributed by atoms with Crippen LogP contribution in [-0.2, 0) is 23.8 Å². The molecular formula is C34H48O11. The van der Waals surface area contributed by atoms with Crippen LogP contribution in [0.15, 0.2) is 34.9 Å². The molecule has 6 N–H and O–H groups in total. The molecule has 11 nitrogen and oxygen atoms in total. The summed E-state index contributed by atoms with van der Waals surface area (Å²) in [5, 5.41) is 62.5. The SMILES string of the molecule is CC1=C(CO[C@@H]2O[C@H](CO)[C@@H](O)[C@H](O)[C@H]2O)C(=O)O[C@@H]([C@@H](C)[C@H]2CC[C@H]3[C@@H]4[C@H](O)[C@H](O)C5=CC=CC(=O)[C@]5(C)[C@H]4CC[C@]23C)C1. The summed E-state index contributed by atoms with van der Waals surface area (Å²) < 4.78 is 17.1. The summed E-state index contributed by atoms with van der Waals surface area (Å²) in [6.07, 6.45) is -0.546. The highest BCUT2D eigenvalue weighted by Gasteiger charge is 2.65. The molecule has 2 heterocycles. The third kappa shape index (κ3) is 5.01. The quantitative estimate of drug-likeness (QED) is 0.229. The largest absolute Gasteiger partial charge is 0.458 e. The Kier molecular flexibility index (Phi) is 8.74. The first-order valence-corrected chi connectivity index (χ1v) is 16.4. The molecule has 6 aliphatic rings. The summed E-state index contributed by atoms with van der Waals surface area (Å²) in [6, 6.07) is 0. The van der Waals surface area contributed by atoms with Crippen LogP contribution in [-0.4, -0.2) is 105 Å². The van der Waals surface area contributed by atoms with Crippen molar-refractivity contribution in [1.29, 1.82) is 0 Å². The van der Waals surface area contributed by atoms with Crippen molar-refractivity contribution in [2.45, 2.75) is 109 Å². The number of allylic oxidation sites excluding steroid dienone is 3. The molecule has 4 fully saturated rings. The van der Waals surface area contributed by atoms with E-state index in [4.69, 9.17) is 14.2 Å². The summed E-state index contributed by atoms with van der Waals surface area (Å²) in [7, 11) is 0. The van der Waals surface area contributed by atoms with E-state index in [-0.39, 0.29) is 53.5 Å². The average molecular weight is 633 g/mol. The maximum atomic E-state index is 13.3. The number of aliphatic hydroxyl groups excluding tert-OH is 6. The fourth-order valence-corrected chi connectivity index (χ4v) is 10.1. The lowest BCUT2D eigenvalue weighted by Crippen LogP contribution is -2.62. The molecule has 0 aromatic carbocycles. The van der Waals surface area contributed by atoms with Gasteiger partial charge in [0, 0.05) is 6.42 Å². The summed E-state index contributed by atoms with van der Waals surface area (Å²) >= 11 is 0. The van der Waals surface area contributed by atoms with Gasteiger partial charge in [-0.3, -0.25) is 4.79 Å². The molecule has 0 radical (unpaired) electrons. The van der Waals surface area contributed by atoms with Crippen molar-refractivity contribution in [2.75, 3.05) is 13.2 Å². The summed E-state index contributed by atoms with van der Waals surface area (Å²) in [5.41, 5.74) is 0.728. The highest BCUT2D eigenvalue weighted by atomic mass is 16.7. The van der Waals surface area contributed by atoms with Gasteiger partial charge in [0.15, 0.2) is 12.1 Å². The number of carbonyl (C=O) groups is 2. The van der Waals surface area contributed by atoms with E-state index in [1.165, 1.54) is 0 Å². The summed E-state index contributed by atoms with van der Waals surface area (Å²) in [5.74, 6) is -0.466. The number of hydrogen-bond acceptors (Lipinski definition) is 11. The lowest BCUT2D eigenvalue weighted by atomic mass is 9.45. The van der Waals surface area contributed by atoms with Crippen LogP contribution in [0.4, 0.5) is 0 Å². The molecule has 0 amide bonds. The number of ketones is 1. The van der Waals surface area contributed by atoms with Gasteiger partial charge in [-0.2, -0.15) is 0 Å². The fraction of sp³-hybridized carbons (Fsp3) is 0.765. The summed E-state index contributed by atoms with van der Waals surface area (Å²) in [4.78, 5) is 26.5. The van der Waals surface area contributed by atoms with E-state index in [1.807, 2.05) is 13.8 Å². The minimum atomic E-state index is -1.58. The van der Waals surface area contributed by atoms with Crippen molar-refractivity contribution in [3.63, 3.8) is 0 Å². The van der Waals surface area contributed by atoms with Gasteiger partial charge in [-0.1, -0.05) is 31.6 Å². The Hall–Kier alpha value is -1.96. The van der Waals surface area contributed by atoms with Crippen LogP contribution in [0, 0.1) is 40.4 Å². The van der Waals surface area contributed by atoms with E-state index >= 15 is 0 Å². The first-order valence-electron chi connectivity index (χ1n) is 16.4. The van der Waals surface area contributed by atoms with E-state index in [0.29, 0.717) is 17.6 Å². The molecular weight excluding hydrogens is 584 g/mol. The normalized spacial score (nSPS) is 48.7. The molecule has 0 spiro atoms. The first-order chi connectivity index (χ1) is 21.2. The molecule has 0 aromatic rings. The van der Waals surface area contributed by atoms with Gasteiger partial charge in [0.1, 0.15) is 36.6 Å². The van der Waals surface area contributed by atoms with Crippen molar-refractivity contribution >= 4 is 11.8 Å². The number of aliphatic hydroxyl groups is 6. The van der Waals surface area contributed by atoms with Crippen LogP contribution < -0.4 is 0 Å². The number of esters is 1. The van der Waals surface area contributed by atoms with Gasteiger partial charge in [0.05, 0.1) is 30.3 Å². The molecule has 6 rings (SSSR count). The monoisotopic (exact) mass is 632 g/mol. The highest BCUT2D eigenvalue weighted by Crippen LogP contribution is 2.67. The maximum Gasteiger partial charge on any atom is 0.336 e. The Morgan fingerprint density at radius 2 is 1.73 bits per heavy atom. The number of cyclic esters (lactones) is 1. The van der Waals surface area contributed by atoms with Crippen LogP contribution in [0.3, 0.4) is 0 Å². The van der Waals surface area contributed by atoms with Crippen LogP contribution in [0.25, 0.3) is 0 Å². The molecule has 0 aromatic heterocycles.